The Bertz CT molecular complexity index is 1630. The molecule has 1 amide bonds. The van der Waals surface area contributed by atoms with E-state index in [1.807, 2.05) is 6.07 Å². The molecule has 1 atom stereocenters. The van der Waals surface area contributed by atoms with E-state index in [4.69, 9.17) is 16.7 Å². The van der Waals surface area contributed by atoms with Gasteiger partial charge in [0, 0.05) is 12.4 Å². The van der Waals surface area contributed by atoms with Gasteiger partial charge in [-0.2, -0.15) is 4.98 Å². The summed E-state index contributed by atoms with van der Waals surface area (Å²) in [5.41, 5.74) is 6.49. The quantitative estimate of drug-likeness (QED) is 0.400. The van der Waals surface area contributed by atoms with Gasteiger partial charge in [0.05, 0.1) is 11.7 Å². The van der Waals surface area contributed by atoms with E-state index in [9.17, 15) is 9.59 Å². The molecule has 4 aromatic heterocycles. The summed E-state index contributed by atoms with van der Waals surface area (Å²) in [6.07, 6.45) is 8.63. The predicted molar refractivity (Wildman–Crippen MR) is 119 cm³/mol. The van der Waals surface area contributed by atoms with E-state index in [1.165, 1.54) is 15.3 Å². The van der Waals surface area contributed by atoms with Crippen LogP contribution in [0.3, 0.4) is 0 Å². The molecule has 11 heteroatoms. The molecule has 1 aromatic carbocycles. The van der Waals surface area contributed by atoms with Crippen LogP contribution >= 0.6 is 0 Å². The number of nitrogen functional groups attached to an aromatic ring is 1. The first-order valence-corrected chi connectivity index (χ1v) is 9.83. The van der Waals surface area contributed by atoms with Crippen LogP contribution in [0.15, 0.2) is 58.1 Å². The fourth-order valence-corrected chi connectivity index (χ4v) is 3.59. The lowest BCUT2D eigenvalue weighted by Crippen LogP contribution is -2.33. The van der Waals surface area contributed by atoms with Crippen molar-refractivity contribution in [3.05, 3.63) is 76.2 Å². The Kier molecular flexibility index (Phi) is 4.60. The second kappa shape index (κ2) is 7.61. The number of carbonyl (C=O) groups is 1. The molecule has 0 saturated heterocycles. The molecule has 0 aliphatic rings. The van der Waals surface area contributed by atoms with Crippen LogP contribution in [0.1, 0.15) is 34.8 Å². The van der Waals surface area contributed by atoms with Crippen molar-refractivity contribution < 1.29 is 9.32 Å². The fraction of sp³-hybridized carbons (Fsp3) is 0.0909. The van der Waals surface area contributed by atoms with Crippen molar-refractivity contribution in [3.8, 4) is 18.0 Å². The van der Waals surface area contributed by atoms with Gasteiger partial charge in [-0.15, -0.1) is 11.5 Å². The second-order valence-corrected chi connectivity index (χ2v) is 7.15. The topological polar surface area (TPSA) is 146 Å². The number of para-hydroxylation sites is 1. The predicted octanol–water partition coefficient (Wildman–Crippen LogP) is 1.47. The zero-order valence-corrected chi connectivity index (χ0v) is 17.3. The molecule has 5 aromatic rings. The number of benzene rings is 1. The molecule has 3 N–H and O–H groups in total. The Balaban J connectivity index is 1.63. The van der Waals surface area contributed by atoms with Gasteiger partial charge in [0.15, 0.2) is 17.2 Å². The first kappa shape index (κ1) is 20.0. The summed E-state index contributed by atoms with van der Waals surface area (Å²) in [5, 5.41) is 10.8. The monoisotopic (exact) mass is 440 g/mol. The van der Waals surface area contributed by atoms with E-state index in [-0.39, 0.29) is 34.0 Å². The number of anilines is 1. The van der Waals surface area contributed by atoms with E-state index < -0.39 is 17.5 Å². The Labute approximate surface area is 185 Å². The van der Waals surface area contributed by atoms with Gasteiger partial charge in [0.25, 0.3) is 17.2 Å². The van der Waals surface area contributed by atoms with Crippen molar-refractivity contribution in [1.82, 2.24) is 34.6 Å². The largest absolute Gasteiger partial charge is 0.381 e. The lowest BCUT2D eigenvalue weighted by atomic mass is 10.2. The summed E-state index contributed by atoms with van der Waals surface area (Å²) in [5.74, 6) is 2.05. The maximum absolute atomic E-state index is 13.4. The highest BCUT2D eigenvalue weighted by Crippen LogP contribution is 2.21. The summed E-state index contributed by atoms with van der Waals surface area (Å²) in [6.45, 7) is 1.68. The summed E-state index contributed by atoms with van der Waals surface area (Å²) >= 11 is 0. The average molecular weight is 440 g/mol. The van der Waals surface area contributed by atoms with E-state index in [0.717, 1.165) is 0 Å². The highest BCUT2D eigenvalue weighted by molar-refractivity contribution is 6.04. The lowest BCUT2D eigenvalue weighted by Gasteiger charge is -2.18. The number of hydrogen-bond acceptors (Lipinski definition) is 8. The minimum absolute atomic E-state index is 0.0200. The molecular formula is C22H16N8O3. The van der Waals surface area contributed by atoms with Gasteiger partial charge in [-0.1, -0.05) is 23.4 Å². The van der Waals surface area contributed by atoms with Crippen molar-refractivity contribution in [3.63, 3.8) is 0 Å². The zero-order valence-electron chi connectivity index (χ0n) is 17.3. The summed E-state index contributed by atoms with van der Waals surface area (Å²) in [4.78, 5) is 35.2. The highest BCUT2D eigenvalue weighted by atomic mass is 16.5. The van der Waals surface area contributed by atoms with Crippen LogP contribution < -0.4 is 16.6 Å². The number of nitrogens with two attached hydrogens (primary N) is 1. The van der Waals surface area contributed by atoms with Gasteiger partial charge in [-0.3, -0.25) is 14.2 Å². The number of nitrogens with zero attached hydrogens (tertiary/aromatic N) is 6. The number of amides is 1. The van der Waals surface area contributed by atoms with Crippen LogP contribution in [0.5, 0.6) is 0 Å². The van der Waals surface area contributed by atoms with Crippen molar-refractivity contribution in [2.24, 2.45) is 0 Å². The average Bonchev–Trinajstić information content (AvgIpc) is 3.39. The Morgan fingerprint density at radius 1 is 1.27 bits per heavy atom. The van der Waals surface area contributed by atoms with Crippen LogP contribution in [-0.4, -0.2) is 35.2 Å². The van der Waals surface area contributed by atoms with Crippen LogP contribution in [0.4, 0.5) is 5.82 Å². The van der Waals surface area contributed by atoms with E-state index >= 15 is 0 Å². The first-order chi connectivity index (χ1) is 16.0. The van der Waals surface area contributed by atoms with Gasteiger partial charge < -0.3 is 15.6 Å². The normalized spacial score (nSPS) is 12.0. The zero-order chi connectivity index (χ0) is 23.1. The SMILES string of the molecule is C#Cc1noc2nc([C@@H](C)NC(=O)c3c(N)nn4cccnc34)n(-c3ccccc3)c(=O)c12. The number of nitrogens with one attached hydrogen (secondary N) is 1. The summed E-state index contributed by atoms with van der Waals surface area (Å²) in [7, 11) is 0. The Morgan fingerprint density at radius 2 is 2.06 bits per heavy atom. The van der Waals surface area contributed by atoms with Crippen molar-refractivity contribution in [1.29, 1.82) is 0 Å². The van der Waals surface area contributed by atoms with E-state index in [1.54, 1.807) is 43.5 Å². The third-order valence-corrected chi connectivity index (χ3v) is 5.07. The minimum atomic E-state index is -0.743. The molecule has 0 radical (unpaired) electrons. The van der Waals surface area contributed by atoms with Gasteiger partial charge >= 0.3 is 0 Å². The molecular weight excluding hydrogens is 424 g/mol. The molecule has 0 bridgehead atoms. The molecule has 4 heterocycles. The number of rotatable bonds is 4. The molecule has 0 aliphatic heterocycles. The number of aromatic nitrogens is 6. The number of carbonyl (C=O) groups excluding carboxylic acids is 1. The number of hydrogen-bond donors (Lipinski definition) is 2. The third kappa shape index (κ3) is 3.17. The molecule has 0 saturated carbocycles. The van der Waals surface area contributed by atoms with Gasteiger partial charge in [-0.25, -0.2) is 9.50 Å². The van der Waals surface area contributed by atoms with Crippen molar-refractivity contribution >= 4 is 28.5 Å². The van der Waals surface area contributed by atoms with Crippen LogP contribution in [0, 0.1) is 12.3 Å². The van der Waals surface area contributed by atoms with Gasteiger partial charge in [-0.05, 0) is 31.0 Å². The van der Waals surface area contributed by atoms with Crippen molar-refractivity contribution in [2.45, 2.75) is 13.0 Å². The smallest absolute Gasteiger partial charge is 0.272 e. The minimum Gasteiger partial charge on any atom is -0.381 e. The standard InChI is InChI=1S/C22H16N8O3/c1-3-14-15-21(33-28-14)26-18(30(22(15)32)13-8-5-4-6-9-13)12(2)25-20(31)16-17(23)27-29-11-7-10-24-19(16)29/h1,4-12H,2H3,(H2,23,27)(H,25,31)/t12-/m1/s1. The van der Waals surface area contributed by atoms with Crippen LogP contribution in [0.25, 0.3) is 22.4 Å². The van der Waals surface area contributed by atoms with E-state index in [2.05, 4.69) is 31.5 Å². The number of terminal acetylenes is 1. The van der Waals surface area contributed by atoms with E-state index in [0.29, 0.717) is 11.3 Å². The summed E-state index contributed by atoms with van der Waals surface area (Å²) in [6, 6.07) is 9.78. The molecule has 0 aliphatic carbocycles. The Morgan fingerprint density at radius 3 is 2.82 bits per heavy atom. The maximum Gasteiger partial charge on any atom is 0.272 e. The fourth-order valence-electron chi connectivity index (χ4n) is 3.59. The molecule has 11 nitrogen and oxygen atoms in total. The van der Waals surface area contributed by atoms with Crippen molar-refractivity contribution in [2.75, 3.05) is 5.73 Å². The van der Waals surface area contributed by atoms with Crippen LogP contribution in [-0.2, 0) is 0 Å². The molecule has 33 heavy (non-hydrogen) atoms. The number of fused-ring (bicyclic) bond motifs is 2. The first-order valence-electron chi connectivity index (χ1n) is 9.83. The molecule has 0 unspecified atom stereocenters. The van der Waals surface area contributed by atoms with Gasteiger partial charge in [0.1, 0.15) is 16.8 Å². The third-order valence-electron chi connectivity index (χ3n) is 5.07. The Hall–Kier alpha value is -4.98. The molecule has 0 fully saturated rings. The van der Waals surface area contributed by atoms with Gasteiger partial charge in [0.2, 0.25) is 0 Å². The second-order valence-electron chi connectivity index (χ2n) is 7.15. The molecule has 0 spiro atoms. The van der Waals surface area contributed by atoms with Crippen LogP contribution in [0.2, 0.25) is 0 Å². The highest BCUT2D eigenvalue weighted by Gasteiger charge is 2.26. The molecule has 5 rings (SSSR count). The molecule has 162 valence electrons. The lowest BCUT2D eigenvalue weighted by molar-refractivity contribution is 0.0940. The maximum atomic E-state index is 13.4. The summed E-state index contributed by atoms with van der Waals surface area (Å²) < 4.78 is 7.96.